The summed E-state index contributed by atoms with van der Waals surface area (Å²) in [5.74, 6) is -1.98. The first-order valence-electron chi connectivity index (χ1n) is 27.5. The van der Waals surface area contributed by atoms with E-state index in [1.165, 1.54) is 148 Å². The van der Waals surface area contributed by atoms with Gasteiger partial charge in [0.1, 0.15) is 36.8 Å². The summed E-state index contributed by atoms with van der Waals surface area (Å²) in [4.78, 5) is 25.6. The minimum absolute atomic E-state index is 0.160. The molecule has 1 heterocycles. The van der Waals surface area contributed by atoms with Crippen LogP contribution in [-0.4, -0.2) is 96.0 Å². The maximum atomic E-state index is 12.9. The molecule has 4 N–H and O–H groups in total. The minimum Gasteiger partial charge on any atom is -0.462 e. The number of aliphatic hydroxyl groups is 3. The van der Waals surface area contributed by atoms with Gasteiger partial charge in [-0.05, 0) is 70.6 Å². The number of ether oxygens (including phenoxy) is 4. The van der Waals surface area contributed by atoms with E-state index in [1.54, 1.807) is 0 Å². The van der Waals surface area contributed by atoms with Crippen LogP contribution in [0, 0.1) is 0 Å². The Bertz CT molecular complexity index is 1380. The van der Waals surface area contributed by atoms with Crippen LogP contribution in [0.5, 0.6) is 0 Å². The molecule has 6 atom stereocenters. The summed E-state index contributed by atoms with van der Waals surface area (Å²) in [6, 6.07) is 0. The molecule has 13 heteroatoms. The van der Waals surface area contributed by atoms with Crippen molar-refractivity contribution < 1.29 is 56.8 Å². The summed E-state index contributed by atoms with van der Waals surface area (Å²) in [6.07, 6.45) is 44.6. The topological polar surface area (TPSA) is 186 Å². The Morgan fingerprint density at radius 1 is 0.500 bits per heavy atom. The fourth-order valence-electron chi connectivity index (χ4n) is 8.41. The molecule has 0 amide bonds. The van der Waals surface area contributed by atoms with Gasteiger partial charge in [-0.3, -0.25) is 14.1 Å². The van der Waals surface area contributed by atoms with Gasteiger partial charge >= 0.3 is 11.9 Å². The smallest absolute Gasteiger partial charge is 0.306 e. The molecule has 1 fully saturated rings. The fourth-order valence-corrected chi connectivity index (χ4v) is 9.10. The van der Waals surface area contributed by atoms with Crippen molar-refractivity contribution in [2.75, 3.05) is 19.0 Å². The lowest BCUT2D eigenvalue weighted by molar-refractivity contribution is -0.297. The van der Waals surface area contributed by atoms with Crippen molar-refractivity contribution in [1.82, 2.24) is 0 Å². The van der Waals surface area contributed by atoms with Gasteiger partial charge in [-0.25, -0.2) is 0 Å². The molecular weight excluding hydrogens is 885 g/mol. The molecule has 0 aromatic heterocycles. The Kier molecular flexibility index (Phi) is 42.1. The van der Waals surface area contributed by atoms with Gasteiger partial charge in [-0.2, -0.15) is 8.42 Å². The number of carbonyl (C=O) groups excluding carboxylic acids is 2. The normalized spacial score (nSPS) is 19.4. The first-order chi connectivity index (χ1) is 33.0. The molecule has 1 aliphatic heterocycles. The number of allylic oxidation sites excluding steroid dienone is 6. The van der Waals surface area contributed by atoms with Gasteiger partial charge in [0, 0.05) is 12.8 Å². The van der Waals surface area contributed by atoms with Gasteiger partial charge in [0.25, 0.3) is 10.1 Å². The molecule has 2 unspecified atom stereocenters. The molecule has 398 valence electrons. The lowest BCUT2D eigenvalue weighted by Crippen LogP contribution is -2.60. The van der Waals surface area contributed by atoms with Gasteiger partial charge < -0.3 is 34.3 Å². The van der Waals surface area contributed by atoms with Crippen molar-refractivity contribution in [2.24, 2.45) is 0 Å². The molecule has 0 radical (unpaired) electrons. The number of carbonyl (C=O) groups is 2. The summed E-state index contributed by atoms with van der Waals surface area (Å²) in [7, 11) is -4.61. The van der Waals surface area contributed by atoms with E-state index in [4.69, 9.17) is 18.9 Å². The van der Waals surface area contributed by atoms with E-state index < -0.39 is 71.2 Å². The number of hydrogen-bond donors (Lipinski definition) is 4. The van der Waals surface area contributed by atoms with Crippen molar-refractivity contribution in [3.63, 3.8) is 0 Å². The molecule has 0 bridgehead atoms. The van der Waals surface area contributed by atoms with Gasteiger partial charge in [0.2, 0.25) is 0 Å². The highest BCUT2D eigenvalue weighted by Gasteiger charge is 2.46. The average molecular weight is 985 g/mol. The molecule has 1 rings (SSSR count). The SMILES string of the molecule is CCCCC/C=C/C/C=C/CCCCCCCCCCCC(=O)O[C@H](COC(=O)CCCCCCCCCCCCC/C=C/CCCCCCCC)CO[C@H]1O[C@H](CS(=O)(=O)O)[C@@H](O)C(O)C1O. The number of rotatable bonds is 47. The Labute approximate surface area is 414 Å². The first kappa shape index (κ1) is 63.9. The molecule has 0 saturated carbocycles. The predicted octanol–water partition coefficient (Wildman–Crippen LogP) is 12.9. The van der Waals surface area contributed by atoms with Crippen molar-refractivity contribution in [3.8, 4) is 0 Å². The van der Waals surface area contributed by atoms with Crippen molar-refractivity contribution in [3.05, 3.63) is 36.5 Å². The lowest BCUT2D eigenvalue weighted by atomic mass is 10.00. The minimum atomic E-state index is -4.61. The average Bonchev–Trinajstić information content (AvgIpc) is 3.31. The monoisotopic (exact) mass is 985 g/mol. The van der Waals surface area contributed by atoms with Crippen LogP contribution < -0.4 is 0 Å². The van der Waals surface area contributed by atoms with Crippen LogP contribution in [0.4, 0.5) is 0 Å². The van der Waals surface area contributed by atoms with Crippen LogP contribution in [0.25, 0.3) is 0 Å². The molecule has 0 aliphatic carbocycles. The van der Waals surface area contributed by atoms with E-state index in [0.717, 1.165) is 57.8 Å². The summed E-state index contributed by atoms with van der Waals surface area (Å²) in [5, 5.41) is 31.0. The number of esters is 2. The number of hydrogen-bond acceptors (Lipinski definition) is 11. The summed E-state index contributed by atoms with van der Waals surface area (Å²) < 4.78 is 54.3. The zero-order valence-electron chi connectivity index (χ0n) is 43.0. The second-order valence-electron chi connectivity index (χ2n) is 19.2. The number of unbranched alkanes of at least 4 members (excludes halogenated alkanes) is 29. The van der Waals surface area contributed by atoms with E-state index >= 15 is 0 Å². The number of aliphatic hydroxyl groups excluding tert-OH is 3. The highest BCUT2D eigenvalue weighted by atomic mass is 32.2. The maximum absolute atomic E-state index is 12.9. The third-order valence-corrected chi connectivity index (χ3v) is 13.4. The lowest BCUT2D eigenvalue weighted by Gasteiger charge is -2.40. The molecule has 0 aromatic carbocycles. The Morgan fingerprint density at radius 2 is 0.882 bits per heavy atom. The third-order valence-electron chi connectivity index (χ3n) is 12.7. The second-order valence-corrected chi connectivity index (χ2v) is 20.7. The molecular formula is C55H100O12S. The highest BCUT2D eigenvalue weighted by molar-refractivity contribution is 7.85. The second kappa shape index (κ2) is 44.8. The van der Waals surface area contributed by atoms with Crippen LogP contribution in [0.1, 0.15) is 245 Å². The third kappa shape index (κ3) is 38.6. The zero-order chi connectivity index (χ0) is 49.8. The van der Waals surface area contributed by atoms with Crippen LogP contribution >= 0.6 is 0 Å². The molecule has 12 nitrogen and oxygen atoms in total. The molecule has 1 saturated heterocycles. The molecule has 0 aromatic rings. The highest BCUT2D eigenvalue weighted by Crippen LogP contribution is 2.24. The van der Waals surface area contributed by atoms with Crippen LogP contribution in [0.3, 0.4) is 0 Å². The van der Waals surface area contributed by atoms with Gasteiger partial charge in [0.05, 0.1) is 6.61 Å². The summed E-state index contributed by atoms with van der Waals surface area (Å²) in [6.45, 7) is 3.77. The molecule has 68 heavy (non-hydrogen) atoms. The fraction of sp³-hybridized carbons (Fsp3) is 0.855. The quantitative estimate of drug-likeness (QED) is 0.0196. The van der Waals surface area contributed by atoms with Crippen molar-refractivity contribution in [2.45, 2.75) is 282 Å². The molecule has 0 spiro atoms. The van der Waals surface area contributed by atoms with Gasteiger partial charge in [0.15, 0.2) is 12.4 Å². The zero-order valence-corrected chi connectivity index (χ0v) is 43.8. The van der Waals surface area contributed by atoms with Crippen LogP contribution in [-0.2, 0) is 38.7 Å². The van der Waals surface area contributed by atoms with Crippen molar-refractivity contribution in [1.29, 1.82) is 0 Å². The van der Waals surface area contributed by atoms with E-state index in [-0.39, 0.29) is 19.4 Å². The Morgan fingerprint density at radius 3 is 1.34 bits per heavy atom. The Balaban J connectivity index is 2.33. The van der Waals surface area contributed by atoms with Gasteiger partial charge in [-0.1, -0.05) is 198 Å². The van der Waals surface area contributed by atoms with E-state index in [2.05, 4.69) is 50.3 Å². The van der Waals surface area contributed by atoms with Gasteiger partial charge in [-0.15, -0.1) is 0 Å². The predicted molar refractivity (Wildman–Crippen MR) is 275 cm³/mol. The summed E-state index contributed by atoms with van der Waals surface area (Å²) in [5.41, 5.74) is 0. The van der Waals surface area contributed by atoms with E-state index in [1.807, 2.05) is 0 Å². The van der Waals surface area contributed by atoms with E-state index in [9.17, 15) is 37.9 Å². The molecule has 1 aliphatic rings. The standard InChI is InChI=1S/C55H100O12S/c1-3-5-7-9-11-13-15-17-19-21-23-24-26-27-29-31-33-35-37-39-41-43-50(56)64-45-48(46-65-55-54(60)53(59)52(58)49(67-55)47-68(61,62)63)66-51(57)44-42-40-38-36-34-32-30-28-25-22-20-18-16-14-12-10-8-6-4-2/h12,14,17-20,48-49,52-55,58-60H,3-11,13,15-16,21-47H2,1-2H3,(H,61,62,63)/b14-12+,19-17+,20-18+/t48-,49-,52-,53?,54?,55+/m1/s1. The van der Waals surface area contributed by atoms with E-state index in [0.29, 0.717) is 12.8 Å². The Hall–Kier alpha value is -2.13. The maximum Gasteiger partial charge on any atom is 0.306 e. The van der Waals surface area contributed by atoms with Crippen LogP contribution in [0.2, 0.25) is 0 Å². The first-order valence-corrected chi connectivity index (χ1v) is 29.2. The van der Waals surface area contributed by atoms with Crippen LogP contribution in [0.15, 0.2) is 36.5 Å². The largest absolute Gasteiger partial charge is 0.462 e. The van der Waals surface area contributed by atoms with Crippen molar-refractivity contribution >= 4 is 22.1 Å². The summed E-state index contributed by atoms with van der Waals surface area (Å²) >= 11 is 0.